The number of anilines is 1. The molecule has 1 aliphatic heterocycles. The molecular formula is C22H19F2N5O2. The number of hydrogen-bond donors (Lipinski definition) is 3. The Bertz CT molecular complexity index is 1300. The lowest BCUT2D eigenvalue weighted by molar-refractivity contribution is 0.407. The van der Waals surface area contributed by atoms with E-state index in [1.807, 2.05) is 10.8 Å². The van der Waals surface area contributed by atoms with Crippen LogP contribution in [-0.2, 0) is 0 Å². The van der Waals surface area contributed by atoms with E-state index in [0.29, 0.717) is 10.9 Å². The van der Waals surface area contributed by atoms with Crippen LogP contribution in [0.5, 0.6) is 11.5 Å². The SMILES string of the molecule is Nc1n[nH]c(=O)c2c1c(-c1ccc(Oc3c(F)cccc3F)cc1)cn2C1CCNC1. The van der Waals surface area contributed by atoms with Crippen LogP contribution < -0.4 is 21.3 Å². The van der Waals surface area contributed by atoms with Crippen molar-refractivity contribution in [2.75, 3.05) is 18.8 Å². The van der Waals surface area contributed by atoms with Gasteiger partial charge >= 0.3 is 0 Å². The van der Waals surface area contributed by atoms with Crippen molar-refractivity contribution in [1.82, 2.24) is 20.1 Å². The highest BCUT2D eigenvalue weighted by atomic mass is 19.1. The molecule has 0 spiro atoms. The number of benzene rings is 2. The molecule has 0 saturated carbocycles. The molecule has 4 N–H and O–H groups in total. The number of H-pyrrole nitrogens is 1. The van der Waals surface area contributed by atoms with Crippen LogP contribution in [0.25, 0.3) is 22.0 Å². The summed E-state index contributed by atoms with van der Waals surface area (Å²) in [5.74, 6) is -1.52. The van der Waals surface area contributed by atoms with Crippen LogP contribution in [0.3, 0.4) is 0 Å². The third-order valence-corrected chi connectivity index (χ3v) is 5.51. The zero-order valence-corrected chi connectivity index (χ0v) is 16.4. The summed E-state index contributed by atoms with van der Waals surface area (Å²) in [5.41, 5.74) is 7.82. The summed E-state index contributed by atoms with van der Waals surface area (Å²) >= 11 is 0. The fourth-order valence-corrected chi connectivity index (χ4v) is 4.02. The van der Waals surface area contributed by atoms with Crippen LogP contribution in [0.2, 0.25) is 0 Å². The van der Waals surface area contributed by atoms with Crippen molar-refractivity contribution >= 4 is 16.7 Å². The Morgan fingerprint density at radius 2 is 1.87 bits per heavy atom. The number of nitrogen functional groups attached to an aromatic ring is 1. The van der Waals surface area contributed by atoms with Crippen LogP contribution >= 0.6 is 0 Å². The van der Waals surface area contributed by atoms with Gasteiger partial charge in [-0.3, -0.25) is 4.79 Å². The second kappa shape index (κ2) is 7.51. The smallest absolute Gasteiger partial charge is 0.288 e. The van der Waals surface area contributed by atoms with Crippen LogP contribution in [0.1, 0.15) is 12.5 Å². The van der Waals surface area contributed by atoms with Gasteiger partial charge in [0.15, 0.2) is 23.2 Å². The number of halogens is 2. The molecule has 158 valence electrons. The Morgan fingerprint density at radius 1 is 1.13 bits per heavy atom. The van der Waals surface area contributed by atoms with E-state index in [1.165, 1.54) is 6.07 Å². The summed E-state index contributed by atoms with van der Waals surface area (Å²) in [6, 6.07) is 10.4. The molecule has 0 bridgehead atoms. The molecule has 9 heteroatoms. The molecule has 0 amide bonds. The molecule has 3 heterocycles. The zero-order chi connectivity index (χ0) is 21.5. The average molecular weight is 423 g/mol. The highest BCUT2D eigenvalue weighted by Gasteiger charge is 2.24. The number of aromatic amines is 1. The van der Waals surface area contributed by atoms with Gasteiger partial charge in [-0.15, -0.1) is 0 Å². The van der Waals surface area contributed by atoms with E-state index in [2.05, 4.69) is 15.5 Å². The zero-order valence-electron chi connectivity index (χ0n) is 16.4. The summed E-state index contributed by atoms with van der Waals surface area (Å²) in [4.78, 5) is 12.6. The number of nitrogens with two attached hydrogens (primary N) is 1. The van der Waals surface area contributed by atoms with E-state index in [-0.39, 0.29) is 23.2 Å². The molecule has 1 unspecified atom stereocenters. The minimum absolute atomic E-state index is 0.130. The molecule has 7 nitrogen and oxygen atoms in total. The van der Waals surface area contributed by atoms with E-state index in [0.717, 1.165) is 42.8 Å². The van der Waals surface area contributed by atoms with Gasteiger partial charge in [0.25, 0.3) is 5.56 Å². The van der Waals surface area contributed by atoms with E-state index >= 15 is 0 Å². The van der Waals surface area contributed by atoms with E-state index < -0.39 is 17.4 Å². The highest BCUT2D eigenvalue weighted by molar-refractivity contribution is 6.02. The van der Waals surface area contributed by atoms with Gasteiger partial charge in [0.2, 0.25) is 0 Å². The molecular weight excluding hydrogens is 404 g/mol. The number of ether oxygens (including phenoxy) is 1. The first-order valence-electron chi connectivity index (χ1n) is 9.84. The molecule has 4 aromatic rings. The van der Waals surface area contributed by atoms with Crippen LogP contribution in [0.15, 0.2) is 53.5 Å². The third kappa shape index (κ3) is 3.32. The lowest BCUT2D eigenvalue weighted by Crippen LogP contribution is -2.18. The standard InChI is InChI=1S/C22H19F2N5O2/c23-16-2-1-3-17(24)20(16)31-14-6-4-12(5-7-14)15-11-29(13-8-9-26-10-13)19-18(15)21(25)27-28-22(19)30/h1-7,11,13,26H,8-10H2,(H2,25,27)(H,28,30). The number of aromatic nitrogens is 3. The van der Waals surface area contributed by atoms with Crippen LogP contribution in [0.4, 0.5) is 14.6 Å². The predicted molar refractivity (Wildman–Crippen MR) is 113 cm³/mol. The van der Waals surface area contributed by atoms with Crippen molar-refractivity contribution in [3.8, 4) is 22.6 Å². The summed E-state index contributed by atoms with van der Waals surface area (Å²) in [6.07, 6.45) is 2.80. The van der Waals surface area contributed by atoms with E-state index in [9.17, 15) is 13.6 Å². The minimum Gasteiger partial charge on any atom is -0.451 e. The molecule has 31 heavy (non-hydrogen) atoms. The third-order valence-electron chi connectivity index (χ3n) is 5.51. The predicted octanol–water partition coefficient (Wildman–Crippen LogP) is 3.58. The van der Waals surface area contributed by atoms with Crippen molar-refractivity contribution in [1.29, 1.82) is 0 Å². The van der Waals surface area contributed by atoms with Crippen molar-refractivity contribution < 1.29 is 13.5 Å². The second-order valence-corrected chi connectivity index (χ2v) is 7.44. The maximum absolute atomic E-state index is 13.9. The molecule has 0 radical (unpaired) electrons. The quantitative estimate of drug-likeness (QED) is 0.466. The molecule has 1 saturated heterocycles. The van der Waals surface area contributed by atoms with Gasteiger partial charge in [0, 0.05) is 24.3 Å². The Balaban J connectivity index is 1.57. The number of para-hydroxylation sites is 1. The van der Waals surface area contributed by atoms with Gasteiger partial charge < -0.3 is 20.4 Å². The van der Waals surface area contributed by atoms with Gasteiger partial charge in [0.1, 0.15) is 11.3 Å². The summed E-state index contributed by atoms with van der Waals surface area (Å²) in [5, 5.41) is 10.3. The van der Waals surface area contributed by atoms with E-state index in [4.69, 9.17) is 10.5 Å². The van der Waals surface area contributed by atoms with Gasteiger partial charge in [-0.2, -0.15) is 5.10 Å². The lowest BCUT2D eigenvalue weighted by atomic mass is 10.1. The van der Waals surface area contributed by atoms with Gasteiger partial charge in [0.05, 0.1) is 5.39 Å². The summed E-state index contributed by atoms with van der Waals surface area (Å²) in [6.45, 7) is 1.63. The summed E-state index contributed by atoms with van der Waals surface area (Å²) < 4.78 is 35.1. The lowest BCUT2D eigenvalue weighted by Gasteiger charge is -2.11. The first-order chi connectivity index (χ1) is 15.0. The molecule has 2 aromatic carbocycles. The van der Waals surface area contributed by atoms with Crippen molar-refractivity contribution in [2.45, 2.75) is 12.5 Å². The second-order valence-electron chi connectivity index (χ2n) is 7.44. The number of rotatable bonds is 4. The maximum Gasteiger partial charge on any atom is 0.288 e. The Labute approximate surface area is 175 Å². The molecule has 5 rings (SSSR count). The maximum atomic E-state index is 13.9. The molecule has 2 aromatic heterocycles. The highest BCUT2D eigenvalue weighted by Crippen LogP contribution is 2.36. The van der Waals surface area contributed by atoms with Crippen molar-refractivity contribution in [3.63, 3.8) is 0 Å². The van der Waals surface area contributed by atoms with Crippen LogP contribution in [-0.4, -0.2) is 27.9 Å². The fourth-order valence-electron chi connectivity index (χ4n) is 4.02. The minimum atomic E-state index is -0.782. The number of fused-ring (bicyclic) bond motifs is 1. The van der Waals surface area contributed by atoms with Gasteiger partial charge in [-0.05, 0) is 42.8 Å². The topological polar surface area (TPSA) is 98.0 Å². The Hall–Kier alpha value is -3.72. The van der Waals surface area contributed by atoms with Crippen molar-refractivity contribution in [2.24, 2.45) is 0 Å². The monoisotopic (exact) mass is 423 g/mol. The normalized spacial score (nSPS) is 16.1. The number of hydrogen-bond acceptors (Lipinski definition) is 5. The first kappa shape index (κ1) is 19.3. The Kier molecular flexibility index (Phi) is 4.67. The van der Waals surface area contributed by atoms with Gasteiger partial charge in [-0.25, -0.2) is 13.9 Å². The molecule has 1 fully saturated rings. The van der Waals surface area contributed by atoms with Crippen LogP contribution in [0, 0.1) is 11.6 Å². The number of nitrogens with one attached hydrogen (secondary N) is 2. The molecule has 0 aliphatic carbocycles. The molecule has 1 aliphatic rings. The Morgan fingerprint density at radius 3 is 2.55 bits per heavy atom. The average Bonchev–Trinajstić information content (AvgIpc) is 3.42. The van der Waals surface area contributed by atoms with Crippen molar-refractivity contribution in [3.05, 3.63) is 70.6 Å². The fraction of sp³-hybridized carbons (Fsp3) is 0.182. The summed E-state index contributed by atoms with van der Waals surface area (Å²) in [7, 11) is 0. The number of nitrogens with zero attached hydrogens (tertiary/aromatic N) is 2. The van der Waals surface area contributed by atoms with E-state index in [1.54, 1.807) is 24.3 Å². The van der Waals surface area contributed by atoms with Gasteiger partial charge in [-0.1, -0.05) is 18.2 Å². The largest absolute Gasteiger partial charge is 0.451 e. The molecule has 1 atom stereocenters. The first-order valence-corrected chi connectivity index (χ1v) is 9.84.